The van der Waals surface area contributed by atoms with Crippen molar-refractivity contribution >= 4 is 17.8 Å². The second-order valence-electron chi connectivity index (χ2n) is 5.47. The van der Waals surface area contributed by atoms with Crippen molar-refractivity contribution in [3.8, 4) is 0 Å². The third kappa shape index (κ3) is 2.68. The number of nitrogens with one attached hydrogen (secondary N) is 1. The summed E-state index contributed by atoms with van der Waals surface area (Å²) in [5.74, 6) is 0.305. The minimum absolute atomic E-state index is 0.194. The normalized spacial score (nSPS) is 15.9. The summed E-state index contributed by atoms with van der Waals surface area (Å²) in [6.45, 7) is 6.15. The van der Waals surface area contributed by atoms with Crippen LogP contribution in [0.2, 0.25) is 0 Å². The largest absolute Gasteiger partial charge is 0.303 e. The Morgan fingerprint density at radius 2 is 1.82 bits per heavy atom. The summed E-state index contributed by atoms with van der Waals surface area (Å²) < 4.78 is 0. The van der Waals surface area contributed by atoms with Gasteiger partial charge in [-0.2, -0.15) is 0 Å². The zero-order valence-corrected chi connectivity index (χ0v) is 12.8. The van der Waals surface area contributed by atoms with Crippen molar-refractivity contribution in [1.82, 2.24) is 10.3 Å². The maximum absolute atomic E-state index is 12.1. The van der Waals surface area contributed by atoms with Crippen LogP contribution < -0.4 is 5.32 Å². The van der Waals surface area contributed by atoms with Crippen LogP contribution in [0.15, 0.2) is 47.2 Å². The molecule has 4 nitrogen and oxygen atoms in total. The van der Waals surface area contributed by atoms with Crippen LogP contribution in [-0.2, 0) is 4.79 Å². The van der Waals surface area contributed by atoms with Gasteiger partial charge in [-0.1, -0.05) is 23.8 Å². The fraction of sp³-hybridized carbons (Fsp3) is 0.167. The summed E-state index contributed by atoms with van der Waals surface area (Å²) >= 11 is 0. The van der Waals surface area contributed by atoms with E-state index in [1.807, 2.05) is 38.1 Å². The summed E-state index contributed by atoms with van der Waals surface area (Å²) in [7, 11) is 0. The van der Waals surface area contributed by atoms with Gasteiger partial charge < -0.3 is 5.32 Å². The zero-order chi connectivity index (χ0) is 15.7. The number of pyridine rings is 1. The second-order valence-corrected chi connectivity index (χ2v) is 5.47. The molecule has 1 aromatic carbocycles. The Balaban J connectivity index is 2.02. The fourth-order valence-electron chi connectivity index (χ4n) is 2.65. The topological polar surface area (TPSA) is 54.4 Å². The van der Waals surface area contributed by atoms with E-state index in [1.165, 1.54) is 5.56 Å². The Kier molecular flexibility index (Phi) is 3.59. The van der Waals surface area contributed by atoms with Gasteiger partial charge in [-0.25, -0.2) is 4.99 Å². The molecule has 0 saturated heterocycles. The van der Waals surface area contributed by atoms with Crippen molar-refractivity contribution in [1.29, 1.82) is 0 Å². The van der Waals surface area contributed by atoms with Gasteiger partial charge in [-0.05, 0) is 55.7 Å². The first-order valence-corrected chi connectivity index (χ1v) is 7.15. The number of benzene rings is 1. The Labute approximate surface area is 129 Å². The predicted octanol–water partition coefficient (Wildman–Crippen LogP) is 2.92. The molecular weight excluding hydrogens is 274 g/mol. The summed E-state index contributed by atoms with van der Waals surface area (Å²) in [5, 5.41) is 2.77. The van der Waals surface area contributed by atoms with Gasteiger partial charge >= 0.3 is 0 Å². The van der Waals surface area contributed by atoms with Crippen molar-refractivity contribution in [2.24, 2.45) is 4.99 Å². The SMILES string of the molecule is Cc1cc(C)c(/C=C2\N=C(c3ccccn3)NC2=O)c(C)c1. The van der Waals surface area contributed by atoms with Crippen LogP contribution in [0.1, 0.15) is 27.9 Å². The number of aliphatic imine (C=N–C) groups is 1. The molecule has 2 heterocycles. The molecular formula is C18H17N3O. The molecule has 0 spiro atoms. The first kappa shape index (κ1) is 14.2. The van der Waals surface area contributed by atoms with Crippen LogP contribution in [0.5, 0.6) is 0 Å². The second kappa shape index (κ2) is 5.56. The highest BCUT2D eigenvalue weighted by molar-refractivity contribution is 6.19. The number of aryl methyl sites for hydroxylation is 3. The van der Waals surface area contributed by atoms with E-state index in [2.05, 4.69) is 34.3 Å². The third-order valence-corrected chi connectivity index (χ3v) is 3.62. The lowest BCUT2D eigenvalue weighted by molar-refractivity contribution is -0.115. The van der Waals surface area contributed by atoms with Crippen molar-refractivity contribution in [3.05, 3.63) is 70.2 Å². The molecule has 22 heavy (non-hydrogen) atoms. The molecule has 1 aromatic heterocycles. The maximum Gasteiger partial charge on any atom is 0.275 e. The molecule has 0 aliphatic carbocycles. The van der Waals surface area contributed by atoms with Crippen molar-refractivity contribution in [3.63, 3.8) is 0 Å². The van der Waals surface area contributed by atoms with E-state index in [9.17, 15) is 4.79 Å². The monoisotopic (exact) mass is 291 g/mol. The molecule has 2 aromatic rings. The quantitative estimate of drug-likeness (QED) is 0.865. The number of rotatable bonds is 2. The van der Waals surface area contributed by atoms with Gasteiger partial charge in [0.2, 0.25) is 0 Å². The van der Waals surface area contributed by atoms with E-state index < -0.39 is 0 Å². The smallest absolute Gasteiger partial charge is 0.275 e. The molecule has 0 bridgehead atoms. The number of amidine groups is 1. The summed E-state index contributed by atoms with van der Waals surface area (Å²) in [5.41, 5.74) is 5.61. The van der Waals surface area contributed by atoms with Crippen LogP contribution in [-0.4, -0.2) is 16.7 Å². The first-order chi connectivity index (χ1) is 10.5. The number of aromatic nitrogens is 1. The summed E-state index contributed by atoms with van der Waals surface area (Å²) in [6, 6.07) is 9.74. The van der Waals surface area contributed by atoms with Crippen LogP contribution >= 0.6 is 0 Å². The van der Waals surface area contributed by atoms with E-state index in [4.69, 9.17) is 0 Å². The zero-order valence-electron chi connectivity index (χ0n) is 12.8. The average molecular weight is 291 g/mol. The molecule has 1 amide bonds. The van der Waals surface area contributed by atoms with Gasteiger partial charge in [0.25, 0.3) is 5.91 Å². The van der Waals surface area contributed by atoms with E-state index in [-0.39, 0.29) is 5.91 Å². The molecule has 110 valence electrons. The Bertz CT molecular complexity index is 781. The van der Waals surface area contributed by atoms with E-state index in [0.29, 0.717) is 17.2 Å². The maximum atomic E-state index is 12.1. The standard InChI is InChI=1S/C18H17N3O/c1-11-8-12(2)14(13(3)9-11)10-16-18(22)21-17(20-16)15-6-4-5-7-19-15/h4-10H,1-3H3,(H,20,21,22)/b16-10-. The van der Waals surface area contributed by atoms with Crippen LogP contribution in [0.25, 0.3) is 6.08 Å². The lowest BCUT2D eigenvalue weighted by atomic mass is 9.99. The number of amides is 1. The van der Waals surface area contributed by atoms with Crippen LogP contribution in [0.3, 0.4) is 0 Å². The highest BCUT2D eigenvalue weighted by Crippen LogP contribution is 2.21. The number of carbonyl (C=O) groups excluding carboxylic acids is 1. The van der Waals surface area contributed by atoms with Crippen molar-refractivity contribution in [2.45, 2.75) is 20.8 Å². The van der Waals surface area contributed by atoms with Gasteiger partial charge in [0.1, 0.15) is 11.4 Å². The highest BCUT2D eigenvalue weighted by Gasteiger charge is 2.22. The molecule has 1 N–H and O–H groups in total. The molecule has 3 rings (SSSR count). The number of hydrogen-bond acceptors (Lipinski definition) is 3. The van der Waals surface area contributed by atoms with E-state index >= 15 is 0 Å². The highest BCUT2D eigenvalue weighted by atomic mass is 16.2. The first-order valence-electron chi connectivity index (χ1n) is 7.15. The number of hydrogen-bond donors (Lipinski definition) is 1. The summed E-state index contributed by atoms with van der Waals surface area (Å²) in [6.07, 6.45) is 3.52. The van der Waals surface area contributed by atoms with Crippen molar-refractivity contribution in [2.75, 3.05) is 0 Å². The predicted molar refractivity (Wildman–Crippen MR) is 87.5 cm³/mol. The Morgan fingerprint density at radius 1 is 1.09 bits per heavy atom. The van der Waals surface area contributed by atoms with Gasteiger partial charge in [0.05, 0.1) is 0 Å². The lowest BCUT2D eigenvalue weighted by Crippen LogP contribution is -2.25. The molecule has 1 aliphatic heterocycles. The molecule has 1 aliphatic rings. The van der Waals surface area contributed by atoms with Gasteiger partial charge in [0, 0.05) is 6.20 Å². The minimum atomic E-state index is -0.194. The molecule has 0 radical (unpaired) electrons. The molecule has 0 atom stereocenters. The minimum Gasteiger partial charge on any atom is -0.303 e. The third-order valence-electron chi connectivity index (χ3n) is 3.62. The Hall–Kier alpha value is -2.75. The average Bonchev–Trinajstić information content (AvgIpc) is 2.85. The van der Waals surface area contributed by atoms with Crippen LogP contribution in [0, 0.1) is 20.8 Å². The number of carbonyl (C=O) groups is 1. The lowest BCUT2D eigenvalue weighted by Gasteiger charge is -2.07. The van der Waals surface area contributed by atoms with E-state index in [1.54, 1.807) is 6.20 Å². The van der Waals surface area contributed by atoms with Gasteiger partial charge in [-0.3, -0.25) is 9.78 Å². The van der Waals surface area contributed by atoms with E-state index in [0.717, 1.165) is 16.7 Å². The van der Waals surface area contributed by atoms with Gasteiger partial charge in [0.15, 0.2) is 5.84 Å². The molecule has 0 saturated carbocycles. The Morgan fingerprint density at radius 3 is 2.45 bits per heavy atom. The van der Waals surface area contributed by atoms with Crippen LogP contribution in [0.4, 0.5) is 0 Å². The van der Waals surface area contributed by atoms with Crippen molar-refractivity contribution < 1.29 is 4.79 Å². The molecule has 0 unspecified atom stereocenters. The van der Waals surface area contributed by atoms with Gasteiger partial charge in [-0.15, -0.1) is 0 Å². The number of nitrogens with zero attached hydrogens (tertiary/aromatic N) is 2. The molecule has 4 heteroatoms. The summed E-state index contributed by atoms with van der Waals surface area (Å²) in [4.78, 5) is 20.7. The molecule has 0 fully saturated rings. The fourth-order valence-corrected chi connectivity index (χ4v) is 2.65.